The van der Waals surface area contributed by atoms with Gasteiger partial charge in [-0.2, -0.15) is 5.10 Å². The van der Waals surface area contributed by atoms with Crippen LogP contribution in [0.15, 0.2) is 18.6 Å². The van der Waals surface area contributed by atoms with Gasteiger partial charge in [0.1, 0.15) is 17.7 Å². The summed E-state index contributed by atoms with van der Waals surface area (Å²) in [6.07, 6.45) is 5.34. The Kier molecular flexibility index (Phi) is 3.93. The Morgan fingerprint density at radius 2 is 2.22 bits per heavy atom. The van der Waals surface area contributed by atoms with E-state index in [0.717, 1.165) is 54.4 Å². The smallest absolute Gasteiger partial charge is 0.218 e. The molecule has 0 amide bonds. The molecule has 5 rings (SSSR count). The van der Waals surface area contributed by atoms with E-state index in [2.05, 4.69) is 26.0 Å². The Hall–Kier alpha value is -2.74. The molecule has 1 saturated heterocycles. The summed E-state index contributed by atoms with van der Waals surface area (Å²) in [5, 5.41) is 4.44. The molecule has 0 N–H and O–H groups in total. The largest absolute Gasteiger partial charge is 0.481 e. The van der Waals surface area contributed by atoms with Crippen LogP contribution < -0.4 is 9.64 Å². The number of ether oxygens (including phenoxy) is 2. The fourth-order valence-corrected chi connectivity index (χ4v) is 4.15. The molecule has 0 radical (unpaired) electrons. The normalized spacial score (nSPS) is 19.5. The summed E-state index contributed by atoms with van der Waals surface area (Å²) in [7, 11) is 1.67. The van der Waals surface area contributed by atoms with Crippen molar-refractivity contribution < 1.29 is 9.47 Å². The lowest BCUT2D eigenvalue weighted by atomic mass is 10.0. The van der Waals surface area contributed by atoms with Crippen LogP contribution in [0, 0.1) is 6.92 Å². The van der Waals surface area contributed by atoms with Crippen LogP contribution >= 0.6 is 0 Å². The van der Waals surface area contributed by atoms with Gasteiger partial charge in [0.05, 0.1) is 26.0 Å². The topological polar surface area (TPSA) is 77.7 Å². The van der Waals surface area contributed by atoms with Crippen LogP contribution in [0.3, 0.4) is 0 Å². The quantitative estimate of drug-likeness (QED) is 0.700. The van der Waals surface area contributed by atoms with Crippen molar-refractivity contribution in [3.8, 4) is 5.88 Å². The summed E-state index contributed by atoms with van der Waals surface area (Å²) in [5.41, 5.74) is 4.46. The fraction of sp³-hybridized carbons (Fsp3) is 0.474. The van der Waals surface area contributed by atoms with Gasteiger partial charge in [0.2, 0.25) is 5.88 Å². The first kappa shape index (κ1) is 16.4. The monoisotopic (exact) mass is 366 g/mol. The number of aryl methyl sites for hydroxylation is 1. The van der Waals surface area contributed by atoms with Crippen LogP contribution in [0.5, 0.6) is 5.88 Å². The maximum absolute atomic E-state index is 5.60. The molecular formula is C19H22N6O2. The lowest BCUT2D eigenvalue weighted by Gasteiger charge is -2.30. The van der Waals surface area contributed by atoms with Crippen molar-refractivity contribution >= 4 is 11.3 Å². The number of imidazole rings is 1. The second-order valence-corrected chi connectivity index (χ2v) is 7.08. The molecule has 8 nitrogen and oxygen atoms in total. The third-order valence-electron chi connectivity index (χ3n) is 5.52. The Labute approximate surface area is 157 Å². The average Bonchev–Trinajstić information content (AvgIpc) is 3.35. The molecule has 1 atom stereocenters. The van der Waals surface area contributed by atoms with Crippen molar-refractivity contribution in [2.75, 3.05) is 31.8 Å². The zero-order valence-corrected chi connectivity index (χ0v) is 15.6. The molecule has 8 heteroatoms. The van der Waals surface area contributed by atoms with Crippen LogP contribution in [-0.2, 0) is 17.7 Å². The molecule has 2 aliphatic rings. The number of nitrogens with zero attached hydrogens (tertiary/aromatic N) is 6. The number of fused-ring (bicyclic) bond motifs is 2. The van der Waals surface area contributed by atoms with E-state index < -0.39 is 0 Å². The maximum Gasteiger partial charge on any atom is 0.218 e. The third-order valence-corrected chi connectivity index (χ3v) is 5.52. The minimum Gasteiger partial charge on any atom is -0.481 e. The molecule has 0 aliphatic carbocycles. The first-order chi connectivity index (χ1) is 13.3. The van der Waals surface area contributed by atoms with E-state index in [9.17, 15) is 0 Å². The predicted octanol–water partition coefficient (Wildman–Crippen LogP) is 1.90. The minimum atomic E-state index is 0.298. The van der Waals surface area contributed by atoms with Crippen LogP contribution in [0.25, 0.3) is 5.52 Å². The number of hydrogen-bond donors (Lipinski definition) is 0. The standard InChI is InChI=1S/C19H22N6O2/c1-12-23-16(14-5-8-27-10-14)17-18(21-11-22-25(12)17)24-7-4-13-3-6-20-19(26-2)15(13)9-24/h3,6,11,14H,4-5,7-10H2,1-2H3/t14-/m1/s1. The van der Waals surface area contributed by atoms with Gasteiger partial charge in [0.15, 0.2) is 5.82 Å². The number of rotatable bonds is 3. The van der Waals surface area contributed by atoms with E-state index in [1.54, 1.807) is 13.4 Å². The van der Waals surface area contributed by atoms with Gasteiger partial charge in [-0.15, -0.1) is 0 Å². The van der Waals surface area contributed by atoms with E-state index in [-0.39, 0.29) is 0 Å². The number of anilines is 1. The molecule has 27 heavy (non-hydrogen) atoms. The van der Waals surface area contributed by atoms with E-state index >= 15 is 0 Å². The summed E-state index contributed by atoms with van der Waals surface area (Å²) >= 11 is 0. The summed E-state index contributed by atoms with van der Waals surface area (Å²) in [6, 6.07) is 2.08. The van der Waals surface area contributed by atoms with Crippen molar-refractivity contribution in [1.29, 1.82) is 0 Å². The van der Waals surface area contributed by atoms with Crippen molar-refractivity contribution in [3.63, 3.8) is 0 Å². The summed E-state index contributed by atoms with van der Waals surface area (Å²) in [5.74, 6) is 2.79. The zero-order valence-electron chi connectivity index (χ0n) is 15.6. The lowest BCUT2D eigenvalue weighted by Crippen LogP contribution is -2.32. The van der Waals surface area contributed by atoms with Crippen molar-refractivity contribution in [2.24, 2.45) is 0 Å². The van der Waals surface area contributed by atoms with Gasteiger partial charge in [-0.05, 0) is 31.4 Å². The molecule has 0 unspecified atom stereocenters. The SMILES string of the molecule is COc1nccc2c1CN(c1ncnn3c(C)nc([C@@H]4CCOC4)c13)CC2. The van der Waals surface area contributed by atoms with Gasteiger partial charge in [0.25, 0.3) is 0 Å². The zero-order chi connectivity index (χ0) is 18.4. The van der Waals surface area contributed by atoms with E-state index in [0.29, 0.717) is 24.9 Å². The van der Waals surface area contributed by atoms with Crippen molar-refractivity contribution in [2.45, 2.75) is 32.2 Å². The van der Waals surface area contributed by atoms with E-state index in [1.807, 2.05) is 17.6 Å². The summed E-state index contributed by atoms with van der Waals surface area (Å²) in [4.78, 5) is 16.1. The molecular weight excluding hydrogens is 344 g/mol. The highest BCUT2D eigenvalue weighted by molar-refractivity contribution is 5.73. The van der Waals surface area contributed by atoms with Crippen LogP contribution in [0.4, 0.5) is 5.82 Å². The molecule has 140 valence electrons. The Bertz CT molecular complexity index is 981. The Morgan fingerprint density at radius 1 is 1.30 bits per heavy atom. The van der Waals surface area contributed by atoms with Crippen LogP contribution in [0.2, 0.25) is 0 Å². The molecule has 0 aromatic carbocycles. The lowest BCUT2D eigenvalue weighted by molar-refractivity contribution is 0.193. The molecule has 0 saturated carbocycles. The highest BCUT2D eigenvalue weighted by Gasteiger charge is 2.29. The van der Waals surface area contributed by atoms with E-state index in [1.165, 1.54) is 5.56 Å². The first-order valence-corrected chi connectivity index (χ1v) is 9.30. The second-order valence-electron chi connectivity index (χ2n) is 7.08. The van der Waals surface area contributed by atoms with Crippen LogP contribution in [-0.4, -0.2) is 51.4 Å². The highest BCUT2D eigenvalue weighted by atomic mass is 16.5. The van der Waals surface area contributed by atoms with Gasteiger partial charge < -0.3 is 14.4 Å². The van der Waals surface area contributed by atoms with E-state index in [4.69, 9.17) is 14.5 Å². The predicted molar refractivity (Wildman–Crippen MR) is 99.2 cm³/mol. The van der Waals surface area contributed by atoms with Crippen molar-refractivity contribution in [1.82, 2.24) is 24.6 Å². The minimum absolute atomic E-state index is 0.298. The van der Waals surface area contributed by atoms with Gasteiger partial charge in [0, 0.05) is 30.8 Å². The molecule has 0 bridgehead atoms. The fourth-order valence-electron chi connectivity index (χ4n) is 4.15. The Morgan fingerprint density at radius 3 is 3.04 bits per heavy atom. The number of hydrogen-bond acceptors (Lipinski definition) is 7. The molecule has 0 spiro atoms. The van der Waals surface area contributed by atoms with Crippen molar-refractivity contribution in [3.05, 3.63) is 41.2 Å². The summed E-state index contributed by atoms with van der Waals surface area (Å²) < 4.78 is 13.0. The third kappa shape index (κ3) is 2.63. The molecule has 5 heterocycles. The molecule has 3 aromatic rings. The Balaban J connectivity index is 1.61. The van der Waals surface area contributed by atoms with Crippen LogP contribution in [0.1, 0.15) is 35.0 Å². The van der Waals surface area contributed by atoms with Gasteiger partial charge in [-0.1, -0.05) is 0 Å². The first-order valence-electron chi connectivity index (χ1n) is 9.30. The van der Waals surface area contributed by atoms with Gasteiger partial charge >= 0.3 is 0 Å². The highest BCUT2D eigenvalue weighted by Crippen LogP contribution is 2.35. The number of pyridine rings is 1. The average molecular weight is 366 g/mol. The maximum atomic E-state index is 5.60. The van der Waals surface area contributed by atoms with Gasteiger partial charge in [-0.3, -0.25) is 0 Å². The molecule has 3 aromatic heterocycles. The van der Waals surface area contributed by atoms with Gasteiger partial charge in [-0.25, -0.2) is 19.5 Å². The molecule has 1 fully saturated rings. The second kappa shape index (κ2) is 6.45. The number of methoxy groups -OCH3 is 1. The summed E-state index contributed by atoms with van der Waals surface area (Å²) in [6.45, 7) is 5.08. The number of aromatic nitrogens is 5. The molecule has 2 aliphatic heterocycles.